The van der Waals surface area contributed by atoms with Gasteiger partial charge in [0.15, 0.2) is 0 Å². The molecule has 1 saturated heterocycles. The van der Waals surface area contributed by atoms with Gasteiger partial charge in [-0.05, 0) is 81.8 Å². The van der Waals surface area contributed by atoms with Crippen LogP contribution in [0.4, 0.5) is 4.79 Å². The molecule has 1 aliphatic rings. The Labute approximate surface area is 216 Å². The van der Waals surface area contributed by atoms with Crippen LogP contribution in [0.2, 0.25) is 0 Å². The molecule has 194 valence electrons. The third-order valence-electron chi connectivity index (χ3n) is 6.58. The second kappa shape index (κ2) is 13.0. The Hall–Kier alpha value is -2.44. The molecule has 0 bridgehead atoms. The maximum Gasteiger partial charge on any atom is 0.408 e. The van der Waals surface area contributed by atoms with Gasteiger partial charge in [0.05, 0.1) is 32.2 Å². The number of amides is 1. The minimum atomic E-state index is -0.501. The highest BCUT2D eigenvalue weighted by molar-refractivity contribution is 5.68. The number of benzene rings is 2. The van der Waals surface area contributed by atoms with E-state index in [2.05, 4.69) is 5.32 Å². The van der Waals surface area contributed by atoms with Gasteiger partial charge in [0.1, 0.15) is 17.1 Å². The van der Waals surface area contributed by atoms with Crippen molar-refractivity contribution in [1.82, 2.24) is 5.32 Å². The van der Waals surface area contributed by atoms with E-state index < -0.39 is 5.60 Å². The van der Waals surface area contributed by atoms with Crippen LogP contribution >= 0.6 is 0 Å². The van der Waals surface area contributed by atoms with Crippen LogP contribution in [0, 0.1) is 0 Å². The summed E-state index contributed by atoms with van der Waals surface area (Å²) in [5.74, 6) is 0.599. The number of aryl methyl sites for hydroxylation is 2. The number of aromatic hydroxyl groups is 2. The number of nitrogens with zero attached hydrogens (tertiary/aromatic N) is 1. The van der Waals surface area contributed by atoms with Gasteiger partial charge in [0, 0.05) is 12.8 Å². The minimum Gasteiger partial charge on any atom is -1.00 e. The highest BCUT2D eigenvalue weighted by Gasteiger charge is 2.35. The molecule has 1 unspecified atom stereocenters. The van der Waals surface area contributed by atoms with Crippen LogP contribution < -0.4 is 17.7 Å². The number of ether oxygens (including phenoxy) is 1. The number of hydrogen-bond acceptors (Lipinski definition) is 4. The number of rotatable bonds is 9. The van der Waals surface area contributed by atoms with E-state index in [9.17, 15) is 15.0 Å². The van der Waals surface area contributed by atoms with Gasteiger partial charge in [0.2, 0.25) is 0 Å². The standard InChI is InChI=1S/C28H40N2O4.ClH/c1-28(2,3)34-27(33)29-24-9-6-20-30(21-24,18-4-7-22-10-14-25(31)15-11-22)19-5-8-23-12-16-26(32)17-13-23;/h10-17,24H,4-9,18-21H2,1-3H3,(H2-,29,31,32,33);1H. The quantitative estimate of drug-likeness (QED) is 0.457. The highest BCUT2D eigenvalue weighted by Crippen LogP contribution is 2.23. The van der Waals surface area contributed by atoms with Crippen molar-refractivity contribution in [2.75, 3.05) is 26.2 Å². The smallest absolute Gasteiger partial charge is 0.408 e. The molecule has 0 saturated carbocycles. The third-order valence-corrected chi connectivity index (χ3v) is 6.58. The van der Waals surface area contributed by atoms with E-state index in [0.717, 1.165) is 69.2 Å². The maximum absolute atomic E-state index is 12.4. The lowest BCUT2D eigenvalue weighted by molar-refractivity contribution is -0.933. The fraction of sp³-hybridized carbons (Fsp3) is 0.536. The molecule has 0 aromatic heterocycles. The molecule has 3 N–H and O–H groups in total. The predicted molar refractivity (Wildman–Crippen MR) is 135 cm³/mol. The van der Waals surface area contributed by atoms with E-state index in [4.69, 9.17) is 4.74 Å². The summed E-state index contributed by atoms with van der Waals surface area (Å²) in [4.78, 5) is 12.4. The van der Waals surface area contributed by atoms with Gasteiger partial charge in [-0.25, -0.2) is 4.79 Å². The third kappa shape index (κ3) is 9.98. The van der Waals surface area contributed by atoms with Crippen LogP contribution in [0.5, 0.6) is 11.5 Å². The van der Waals surface area contributed by atoms with Crippen LogP contribution in [0.25, 0.3) is 0 Å². The Morgan fingerprint density at radius 2 is 1.43 bits per heavy atom. The summed E-state index contributed by atoms with van der Waals surface area (Å²) in [5.41, 5.74) is 1.97. The number of halogens is 1. The zero-order valence-electron chi connectivity index (χ0n) is 21.3. The number of carbonyl (C=O) groups excluding carboxylic acids is 1. The van der Waals surface area contributed by atoms with Gasteiger partial charge < -0.3 is 37.2 Å². The molecule has 1 heterocycles. The predicted octanol–water partition coefficient (Wildman–Crippen LogP) is 2.17. The molecule has 7 heteroatoms. The lowest BCUT2D eigenvalue weighted by atomic mass is 9.99. The van der Waals surface area contributed by atoms with Crippen molar-refractivity contribution in [1.29, 1.82) is 0 Å². The minimum absolute atomic E-state index is 0. The average Bonchev–Trinajstić information content (AvgIpc) is 2.75. The van der Waals surface area contributed by atoms with Crippen molar-refractivity contribution in [3.8, 4) is 11.5 Å². The maximum atomic E-state index is 12.4. The summed E-state index contributed by atoms with van der Waals surface area (Å²) in [5, 5.41) is 22.2. The first-order valence-electron chi connectivity index (χ1n) is 12.5. The second-order valence-electron chi connectivity index (χ2n) is 10.7. The van der Waals surface area contributed by atoms with Crippen LogP contribution in [0.3, 0.4) is 0 Å². The number of piperidine rings is 1. The Balaban J connectivity index is 0.00000432. The molecule has 1 aliphatic heterocycles. The highest BCUT2D eigenvalue weighted by atomic mass is 35.5. The van der Waals surface area contributed by atoms with Gasteiger partial charge in [-0.3, -0.25) is 0 Å². The van der Waals surface area contributed by atoms with Gasteiger partial charge in [-0.15, -0.1) is 0 Å². The molecule has 2 aromatic carbocycles. The van der Waals surface area contributed by atoms with E-state index >= 15 is 0 Å². The van der Waals surface area contributed by atoms with Crippen LogP contribution in [0.15, 0.2) is 48.5 Å². The van der Waals surface area contributed by atoms with E-state index in [1.165, 1.54) is 11.1 Å². The molecule has 1 fully saturated rings. The normalized spacial score (nSPS) is 17.3. The van der Waals surface area contributed by atoms with E-state index in [1.54, 1.807) is 24.3 Å². The number of quaternary nitrogens is 1. The summed E-state index contributed by atoms with van der Waals surface area (Å²) in [6.45, 7) is 9.83. The number of alkyl carbamates (subject to hydrolysis) is 1. The molecule has 1 amide bonds. The van der Waals surface area contributed by atoms with Crippen LogP contribution in [-0.2, 0) is 17.6 Å². The van der Waals surface area contributed by atoms with Crippen molar-refractivity contribution in [3.05, 3.63) is 59.7 Å². The van der Waals surface area contributed by atoms with Crippen molar-refractivity contribution < 1.29 is 36.6 Å². The van der Waals surface area contributed by atoms with E-state index in [1.807, 2.05) is 45.0 Å². The van der Waals surface area contributed by atoms with Gasteiger partial charge in [-0.1, -0.05) is 24.3 Å². The first kappa shape index (κ1) is 28.8. The molecule has 0 radical (unpaired) electrons. The molecule has 2 aromatic rings. The molecular weight excluding hydrogens is 464 g/mol. The number of hydrogen-bond donors (Lipinski definition) is 3. The lowest BCUT2D eigenvalue weighted by Gasteiger charge is -2.45. The molecule has 1 atom stereocenters. The zero-order chi connectivity index (χ0) is 24.6. The zero-order valence-corrected chi connectivity index (χ0v) is 22.1. The monoisotopic (exact) mass is 504 g/mol. The Morgan fingerprint density at radius 3 is 1.89 bits per heavy atom. The Morgan fingerprint density at radius 1 is 0.943 bits per heavy atom. The van der Waals surface area contributed by atoms with Gasteiger partial charge >= 0.3 is 6.09 Å². The summed E-state index contributed by atoms with van der Waals surface area (Å²) >= 11 is 0. The molecule has 35 heavy (non-hydrogen) atoms. The van der Waals surface area contributed by atoms with Crippen LogP contribution in [-0.4, -0.2) is 58.6 Å². The second-order valence-corrected chi connectivity index (χ2v) is 10.7. The summed E-state index contributed by atoms with van der Waals surface area (Å²) in [7, 11) is 0. The number of phenols is 2. The van der Waals surface area contributed by atoms with Crippen molar-refractivity contribution >= 4 is 6.09 Å². The molecule has 0 spiro atoms. The van der Waals surface area contributed by atoms with Crippen molar-refractivity contribution in [2.45, 2.75) is 70.9 Å². The Kier molecular flexibility index (Phi) is 10.7. The summed E-state index contributed by atoms with van der Waals surface area (Å²) < 4.78 is 6.50. The molecule has 3 rings (SSSR count). The summed E-state index contributed by atoms with van der Waals surface area (Å²) in [6.07, 6.45) is 5.80. The van der Waals surface area contributed by atoms with E-state index in [0.29, 0.717) is 11.5 Å². The fourth-order valence-electron chi connectivity index (χ4n) is 5.00. The molecule has 0 aliphatic carbocycles. The molecular formula is C28H41ClN2O4. The number of phenolic OH excluding ortho intramolecular Hbond substituents is 2. The van der Waals surface area contributed by atoms with Gasteiger partial charge in [-0.2, -0.15) is 0 Å². The summed E-state index contributed by atoms with van der Waals surface area (Å²) in [6, 6.07) is 15.1. The van der Waals surface area contributed by atoms with E-state index in [-0.39, 0.29) is 24.5 Å². The number of likely N-dealkylation sites (tertiary alicyclic amines) is 1. The SMILES string of the molecule is CC(C)(C)OC(=O)NC1CCC[N+](CCCc2ccc(O)cc2)(CCCc2ccc(O)cc2)C1.[Cl-]. The first-order chi connectivity index (χ1) is 16.1. The first-order valence-corrected chi connectivity index (χ1v) is 12.5. The van der Waals surface area contributed by atoms with Gasteiger partial charge in [0.25, 0.3) is 0 Å². The number of nitrogens with one attached hydrogen (secondary N) is 1. The number of carbonyl (C=O) groups is 1. The van der Waals surface area contributed by atoms with Crippen LogP contribution in [0.1, 0.15) is 57.6 Å². The molecule has 6 nitrogen and oxygen atoms in total. The topological polar surface area (TPSA) is 78.8 Å². The Bertz CT molecular complexity index is 859. The largest absolute Gasteiger partial charge is 1.00 e. The average molecular weight is 505 g/mol. The van der Waals surface area contributed by atoms with Crippen molar-refractivity contribution in [2.24, 2.45) is 0 Å². The fourth-order valence-corrected chi connectivity index (χ4v) is 5.00. The van der Waals surface area contributed by atoms with Crippen molar-refractivity contribution in [3.63, 3.8) is 0 Å². The lowest BCUT2D eigenvalue weighted by Crippen LogP contribution is -3.00.